The summed E-state index contributed by atoms with van der Waals surface area (Å²) in [6, 6.07) is 0. The number of ether oxygens (including phenoxy) is 3. The van der Waals surface area contributed by atoms with E-state index in [-0.39, 0.29) is 0 Å². The zero-order valence-electron chi connectivity index (χ0n) is 7.79. The van der Waals surface area contributed by atoms with Crippen LogP contribution in [0.5, 0.6) is 0 Å². The lowest BCUT2D eigenvalue weighted by Gasteiger charge is -2.21. The molecular weight excluding hydrogens is 160 g/mol. The van der Waals surface area contributed by atoms with Crippen molar-refractivity contribution in [3.63, 3.8) is 0 Å². The van der Waals surface area contributed by atoms with Crippen LogP contribution >= 0.6 is 0 Å². The van der Waals surface area contributed by atoms with Crippen molar-refractivity contribution in [2.24, 2.45) is 0 Å². The summed E-state index contributed by atoms with van der Waals surface area (Å²) in [6.45, 7) is 1.69. The van der Waals surface area contributed by atoms with Crippen molar-refractivity contribution >= 4 is 5.97 Å². The third-order valence-electron chi connectivity index (χ3n) is 1.53. The highest BCUT2D eigenvalue weighted by Gasteiger charge is 2.18. The van der Waals surface area contributed by atoms with Gasteiger partial charge in [-0.1, -0.05) is 0 Å². The zero-order chi connectivity index (χ0) is 9.61. The molecule has 0 bridgehead atoms. The second kappa shape index (κ2) is 4.90. The maximum absolute atomic E-state index is 10.7. The van der Waals surface area contributed by atoms with E-state index in [1.54, 1.807) is 6.92 Å². The molecule has 0 N–H and O–H groups in total. The monoisotopic (exact) mass is 174 g/mol. The first-order valence-corrected chi connectivity index (χ1v) is 3.45. The molecule has 0 heterocycles. The predicted molar refractivity (Wildman–Crippen MR) is 43.6 cm³/mol. The predicted octanol–water partition coefficient (Wildman–Crippen LogP) is 0.725. The molecule has 0 aliphatic carbocycles. The van der Waals surface area contributed by atoms with Crippen LogP contribution in [0.3, 0.4) is 0 Å². The molecule has 12 heavy (non-hydrogen) atoms. The molecule has 0 spiro atoms. The topological polar surface area (TPSA) is 44.8 Å². The summed E-state index contributed by atoms with van der Waals surface area (Å²) in [5.41, 5.74) is 0. The smallest absolute Gasteiger partial charge is 0.330 e. The summed E-state index contributed by atoms with van der Waals surface area (Å²) in [6.07, 6.45) is 2.74. The summed E-state index contributed by atoms with van der Waals surface area (Å²) in [5.74, 6) is -1.30. The summed E-state index contributed by atoms with van der Waals surface area (Å²) in [5, 5.41) is 0. The van der Waals surface area contributed by atoms with E-state index in [1.165, 1.54) is 33.5 Å². The normalized spacial score (nSPS) is 12.0. The summed E-state index contributed by atoms with van der Waals surface area (Å²) in [4.78, 5) is 10.7. The average Bonchev–Trinajstić information content (AvgIpc) is 2.13. The van der Waals surface area contributed by atoms with E-state index >= 15 is 0 Å². The molecule has 0 rings (SSSR count). The van der Waals surface area contributed by atoms with Gasteiger partial charge in [-0.15, -0.1) is 0 Å². The number of carbonyl (C=O) groups is 1. The van der Waals surface area contributed by atoms with E-state index in [2.05, 4.69) is 4.74 Å². The second-order valence-electron chi connectivity index (χ2n) is 2.28. The highest BCUT2D eigenvalue weighted by atomic mass is 16.7. The van der Waals surface area contributed by atoms with Gasteiger partial charge in [0.05, 0.1) is 7.11 Å². The van der Waals surface area contributed by atoms with Crippen LogP contribution in [0, 0.1) is 0 Å². The van der Waals surface area contributed by atoms with Crippen LogP contribution in [0.4, 0.5) is 0 Å². The van der Waals surface area contributed by atoms with Gasteiger partial charge in [-0.05, 0) is 13.0 Å². The fourth-order valence-electron chi connectivity index (χ4n) is 0.507. The van der Waals surface area contributed by atoms with Crippen molar-refractivity contribution in [2.45, 2.75) is 12.7 Å². The highest BCUT2D eigenvalue weighted by molar-refractivity contribution is 5.81. The lowest BCUT2D eigenvalue weighted by atomic mass is 10.3. The van der Waals surface area contributed by atoms with Crippen LogP contribution in [-0.2, 0) is 19.0 Å². The number of methoxy groups -OCH3 is 3. The molecule has 0 amide bonds. The molecule has 0 aliphatic rings. The maximum Gasteiger partial charge on any atom is 0.330 e. The Bertz CT molecular complexity index is 170. The van der Waals surface area contributed by atoms with Crippen molar-refractivity contribution in [1.82, 2.24) is 0 Å². The average molecular weight is 174 g/mol. The maximum atomic E-state index is 10.7. The first-order valence-electron chi connectivity index (χ1n) is 3.45. The van der Waals surface area contributed by atoms with Gasteiger partial charge in [0.25, 0.3) is 0 Å². The number of rotatable bonds is 4. The minimum absolute atomic E-state index is 0.435. The standard InChI is InChI=1S/C8H14O4/c1-8(11-3,12-4)6-5-7(9)10-2/h5-6H,1-4H3/b6-5-. The van der Waals surface area contributed by atoms with Gasteiger partial charge in [0.15, 0.2) is 5.79 Å². The fraction of sp³-hybridized carbons (Fsp3) is 0.625. The Morgan fingerprint density at radius 2 is 1.75 bits per heavy atom. The SMILES string of the molecule is COC(=O)/C=C\C(C)(OC)OC. The number of hydrogen-bond acceptors (Lipinski definition) is 4. The van der Waals surface area contributed by atoms with Gasteiger partial charge in [-0.3, -0.25) is 0 Å². The quantitative estimate of drug-likeness (QED) is 0.358. The fourth-order valence-corrected chi connectivity index (χ4v) is 0.507. The third kappa shape index (κ3) is 3.50. The van der Waals surface area contributed by atoms with E-state index in [4.69, 9.17) is 9.47 Å². The van der Waals surface area contributed by atoms with E-state index in [9.17, 15) is 4.79 Å². The van der Waals surface area contributed by atoms with Gasteiger partial charge in [0.1, 0.15) is 0 Å². The van der Waals surface area contributed by atoms with Crippen LogP contribution in [-0.4, -0.2) is 33.1 Å². The van der Waals surface area contributed by atoms with Crippen molar-refractivity contribution in [3.8, 4) is 0 Å². The first-order chi connectivity index (χ1) is 5.58. The largest absolute Gasteiger partial charge is 0.466 e. The molecule has 0 atom stereocenters. The highest BCUT2D eigenvalue weighted by Crippen LogP contribution is 2.10. The molecule has 0 aromatic heterocycles. The van der Waals surface area contributed by atoms with E-state index in [1.807, 2.05) is 0 Å². The molecule has 0 saturated heterocycles. The molecule has 4 heteroatoms. The molecule has 0 saturated carbocycles. The molecule has 0 unspecified atom stereocenters. The van der Waals surface area contributed by atoms with E-state index in [0.717, 1.165) is 0 Å². The Kier molecular flexibility index (Phi) is 4.54. The van der Waals surface area contributed by atoms with Crippen molar-refractivity contribution < 1.29 is 19.0 Å². The Morgan fingerprint density at radius 3 is 2.08 bits per heavy atom. The molecule has 0 aromatic carbocycles. The third-order valence-corrected chi connectivity index (χ3v) is 1.53. The minimum atomic E-state index is -0.867. The minimum Gasteiger partial charge on any atom is -0.466 e. The Morgan fingerprint density at radius 1 is 1.25 bits per heavy atom. The Hall–Kier alpha value is -0.870. The van der Waals surface area contributed by atoms with Gasteiger partial charge in [-0.25, -0.2) is 4.79 Å². The lowest BCUT2D eigenvalue weighted by Crippen LogP contribution is -2.26. The van der Waals surface area contributed by atoms with E-state index in [0.29, 0.717) is 0 Å². The van der Waals surface area contributed by atoms with Crippen LogP contribution < -0.4 is 0 Å². The summed E-state index contributed by atoms with van der Waals surface area (Å²) < 4.78 is 14.3. The summed E-state index contributed by atoms with van der Waals surface area (Å²) >= 11 is 0. The molecule has 0 radical (unpaired) electrons. The molecule has 70 valence electrons. The summed E-state index contributed by atoms with van der Waals surface area (Å²) in [7, 11) is 4.29. The van der Waals surface area contributed by atoms with Crippen LogP contribution in [0.15, 0.2) is 12.2 Å². The number of carbonyl (C=O) groups excluding carboxylic acids is 1. The zero-order valence-corrected chi connectivity index (χ0v) is 7.79. The molecule has 0 aromatic rings. The Labute approximate surface area is 72.1 Å². The van der Waals surface area contributed by atoms with Crippen LogP contribution in [0.2, 0.25) is 0 Å². The molecular formula is C8H14O4. The van der Waals surface area contributed by atoms with Gasteiger partial charge in [0, 0.05) is 20.3 Å². The second-order valence-corrected chi connectivity index (χ2v) is 2.28. The Balaban J connectivity index is 4.19. The number of esters is 1. The van der Waals surface area contributed by atoms with Crippen molar-refractivity contribution in [2.75, 3.05) is 21.3 Å². The van der Waals surface area contributed by atoms with Crippen molar-refractivity contribution in [1.29, 1.82) is 0 Å². The molecule has 4 nitrogen and oxygen atoms in total. The van der Waals surface area contributed by atoms with Gasteiger partial charge < -0.3 is 14.2 Å². The molecule has 0 aliphatic heterocycles. The molecule has 0 fully saturated rings. The first kappa shape index (κ1) is 11.1. The van der Waals surface area contributed by atoms with Gasteiger partial charge in [-0.2, -0.15) is 0 Å². The lowest BCUT2D eigenvalue weighted by molar-refractivity contribution is -0.157. The van der Waals surface area contributed by atoms with Gasteiger partial charge in [0.2, 0.25) is 0 Å². The number of hydrogen-bond donors (Lipinski definition) is 0. The van der Waals surface area contributed by atoms with Crippen LogP contribution in [0.25, 0.3) is 0 Å². The van der Waals surface area contributed by atoms with Crippen LogP contribution in [0.1, 0.15) is 6.92 Å². The van der Waals surface area contributed by atoms with Gasteiger partial charge >= 0.3 is 5.97 Å². The van der Waals surface area contributed by atoms with Crippen molar-refractivity contribution in [3.05, 3.63) is 12.2 Å². The van der Waals surface area contributed by atoms with E-state index < -0.39 is 11.8 Å².